The van der Waals surface area contributed by atoms with E-state index in [9.17, 15) is 24.6 Å². The van der Waals surface area contributed by atoms with E-state index in [2.05, 4.69) is 16.7 Å². The van der Waals surface area contributed by atoms with Crippen LogP contribution in [0.25, 0.3) is 11.1 Å². The lowest BCUT2D eigenvalue weighted by molar-refractivity contribution is -0.245. The number of carbonyl (C=O) groups is 3. The summed E-state index contributed by atoms with van der Waals surface area (Å²) < 4.78 is 13.0. The van der Waals surface area contributed by atoms with Gasteiger partial charge in [-0.05, 0) is 71.0 Å². The summed E-state index contributed by atoms with van der Waals surface area (Å²) in [6.45, 7) is 0.368. The molecule has 2 amide bonds. The van der Waals surface area contributed by atoms with E-state index in [0.717, 1.165) is 39.8 Å². The van der Waals surface area contributed by atoms with Gasteiger partial charge in [0.05, 0.1) is 35.8 Å². The summed E-state index contributed by atoms with van der Waals surface area (Å²) in [4.78, 5) is 37.3. The van der Waals surface area contributed by atoms with E-state index in [-0.39, 0.29) is 36.2 Å². The van der Waals surface area contributed by atoms with Gasteiger partial charge in [0.15, 0.2) is 6.29 Å². The van der Waals surface area contributed by atoms with Gasteiger partial charge in [-0.15, -0.1) is 11.8 Å². The molecule has 10 nitrogen and oxygen atoms in total. The van der Waals surface area contributed by atoms with Crippen LogP contribution in [-0.2, 0) is 32.2 Å². The number of aliphatic hydroxyl groups is 1. The highest BCUT2D eigenvalue weighted by atomic mass is 32.2. The van der Waals surface area contributed by atoms with Crippen LogP contribution in [0.5, 0.6) is 0 Å². The molecule has 290 valence electrons. The maximum Gasteiger partial charge on any atom is 0.336 e. The second kappa shape index (κ2) is 19.9. The first-order valence-corrected chi connectivity index (χ1v) is 19.8. The lowest BCUT2D eigenvalue weighted by Gasteiger charge is -2.36. The number of aromatic carboxylic acids is 1. The Bertz CT molecular complexity index is 2090. The standard InChI is InChI=1S/C45H47N3O7S/c46-38-12-5-6-13-39(38)48-43(51)16-3-1-2-15-42(50)47-27-31-9-8-10-35(25-31)32-21-23-34(24-22-32)45-54-36(29-56-41-14-7-4-11-37(41)44(52)53)26-40(55-45)33-19-17-30(28-49)18-20-33/h4-14,17-25,36,40,45,49H,1-3,15-16,26-29,46H2,(H,47,50)(H,48,51)(H,52,53)/t36-,40+,45+/m0/s1. The van der Waals surface area contributed by atoms with E-state index in [1.165, 1.54) is 11.8 Å². The molecule has 11 heteroatoms. The van der Waals surface area contributed by atoms with E-state index in [0.29, 0.717) is 60.7 Å². The quantitative estimate of drug-likeness (QED) is 0.0354. The van der Waals surface area contributed by atoms with Crippen LogP contribution in [0, 0.1) is 0 Å². The molecule has 5 aromatic carbocycles. The molecule has 5 aromatic rings. The molecule has 3 atom stereocenters. The largest absolute Gasteiger partial charge is 0.478 e. The minimum atomic E-state index is -0.964. The minimum absolute atomic E-state index is 0.0285. The molecule has 0 aliphatic carbocycles. The highest BCUT2D eigenvalue weighted by Crippen LogP contribution is 2.40. The predicted octanol–water partition coefficient (Wildman–Crippen LogP) is 8.67. The van der Waals surface area contributed by atoms with Crippen LogP contribution in [0.3, 0.4) is 0 Å². The molecular formula is C45H47N3O7S. The number of carbonyl (C=O) groups excluding carboxylic acids is 2. The number of nitrogens with two attached hydrogens (primary N) is 1. The van der Waals surface area contributed by atoms with Crippen molar-refractivity contribution < 1.29 is 34.1 Å². The first-order chi connectivity index (χ1) is 27.2. The van der Waals surface area contributed by atoms with Crippen LogP contribution >= 0.6 is 11.8 Å². The van der Waals surface area contributed by atoms with Crippen molar-refractivity contribution in [2.45, 2.75) is 75.1 Å². The maximum atomic E-state index is 12.6. The van der Waals surface area contributed by atoms with E-state index in [4.69, 9.17) is 15.2 Å². The Kier molecular flexibility index (Phi) is 14.3. The molecule has 0 unspecified atom stereocenters. The molecule has 0 aromatic heterocycles. The Morgan fingerprint density at radius 1 is 0.732 bits per heavy atom. The van der Waals surface area contributed by atoms with Crippen molar-refractivity contribution in [1.29, 1.82) is 0 Å². The summed E-state index contributed by atoms with van der Waals surface area (Å²) in [6, 6.07) is 38.0. The SMILES string of the molecule is Nc1ccccc1NC(=O)CCCCCC(=O)NCc1cccc(-c2ccc([C@@H]3O[C@H](CSc4ccccc4C(=O)O)C[C@H](c4ccc(CO)cc4)O3)cc2)c1. The van der Waals surface area contributed by atoms with Crippen LogP contribution in [0.15, 0.2) is 126 Å². The lowest BCUT2D eigenvalue weighted by atomic mass is 9.99. The number of unbranched alkanes of at least 4 members (excludes halogenated alkanes) is 2. The Labute approximate surface area is 331 Å². The summed E-state index contributed by atoms with van der Waals surface area (Å²) >= 11 is 1.46. The topological polar surface area (TPSA) is 160 Å². The molecule has 1 saturated heterocycles. The number of nitrogens with one attached hydrogen (secondary N) is 2. The summed E-state index contributed by atoms with van der Waals surface area (Å²) in [5, 5.41) is 25.1. The molecular weight excluding hydrogens is 727 g/mol. The second-order valence-corrected chi connectivity index (χ2v) is 14.8. The average Bonchev–Trinajstić information content (AvgIpc) is 3.23. The van der Waals surface area contributed by atoms with Crippen molar-refractivity contribution in [2.24, 2.45) is 0 Å². The molecule has 1 fully saturated rings. The van der Waals surface area contributed by atoms with Gasteiger partial charge in [-0.1, -0.05) is 97.4 Å². The molecule has 0 bridgehead atoms. The van der Waals surface area contributed by atoms with Gasteiger partial charge in [-0.3, -0.25) is 9.59 Å². The number of amides is 2. The van der Waals surface area contributed by atoms with Crippen molar-refractivity contribution in [3.63, 3.8) is 0 Å². The fourth-order valence-electron chi connectivity index (χ4n) is 6.53. The van der Waals surface area contributed by atoms with Gasteiger partial charge in [0.1, 0.15) is 0 Å². The number of hydrogen-bond acceptors (Lipinski definition) is 8. The number of hydrogen-bond donors (Lipinski definition) is 5. The molecule has 6 rings (SSSR count). The Morgan fingerprint density at radius 3 is 2.20 bits per heavy atom. The molecule has 1 heterocycles. The molecule has 0 radical (unpaired) electrons. The van der Waals surface area contributed by atoms with Gasteiger partial charge in [-0.25, -0.2) is 4.79 Å². The summed E-state index contributed by atoms with van der Waals surface area (Å²) in [5.74, 6) is -0.539. The van der Waals surface area contributed by atoms with Gasteiger partial charge in [0.2, 0.25) is 11.8 Å². The normalized spacial score (nSPS) is 16.6. The lowest BCUT2D eigenvalue weighted by Crippen LogP contribution is -2.31. The van der Waals surface area contributed by atoms with Gasteiger partial charge in [0, 0.05) is 42.0 Å². The summed E-state index contributed by atoms with van der Waals surface area (Å²) in [5.41, 5.74) is 13.0. The monoisotopic (exact) mass is 773 g/mol. The number of carboxylic acids is 1. The number of thioether (sulfide) groups is 1. The van der Waals surface area contributed by atoms with E-state index in [1.54, 1.807) is 24.3 Å². The van der Waals surface area contributed by atoms with Crippen molar-refractivity contribution >= 4 is 40.9 Å². The van der Waals surface area contributed by atoms with Crippen LogP contribution in [-0.4, -0.2) is 39.9 Å². The first-order valence-electron chi connectivity index (χ1n) is 18.8. The number of rotatable bonds is 17. The third-order valence-corrected chi connectivity index (χ3v) is 10.8. The number of nitrogen functional groups attached to an aromatic ring is 1. The molecule has 6 N–H and O–H groups in total. The first kappa shape index (κ1) is 40.2. The highest BCUT2D eigenvalue weighted by molar-refractivity contribution is 7.99. The van der Waals surface area contributed by atoms with Crippen molar-refractivity contribution in [2.75, 3.05) is 16.8 Å². The molecule has 0 saturated carbocycles. The molecule has 0 spiro atoms. The van der Waals surface area contributed by atoms with Gasteiger partial charge in [0.25, 0.3) is 0 Å². The summed E-state index contributed by atoms with van der Waals surface area (Å²) in [6.07, 6.45) is 2.38. The molecule has 56 heavy (non-hydrogen) atoms. The van der Waals surface area contributed by atoms with Gasteiger partial charge < -0.3 is 36.1 Å². The van der Waals surface area contributed by atoms with Gasteiger partial charge >= 0.3 is 5.97 Å². The molecule has 1 aliphatic rings. The zero-order valence-electron chi connectivity index (χ0n) is 31.1. The fourth-order valence-corrected chi connectivity index (χ4v) is 7.59. The zero-order valence-corrected chi connectivity index (χ0v) is 31.9. The zero-order chi connectivity index (χ0) is 39.3. The fraction of sp³-hybridized carbons (Fsp3) is 0.267. The Balaban J connectivity index is 1.02. The van der Waals surface area contributed by atoms with Crippen LogP contribution in [0.2, 0.25) is 0 Å². The molecule has 1 aliphatic heterocycles. The van der Waals surface area contributed by atoms with Crippen LogP contribution in [0.4, 0.5) is 11.4 Å². The number of ether oxygens (including phenoxy) is 2. The second-order valence-electron chi connectivity index (χ2n) is 13.8. The van der Waals surface area contributed by atoms with Crippen LogP contribution < -0.4 is 16.4 Å². The van der Waals surface area contributed by atoms with E-state index < -0.39 is 12.3 Å². The number of benzene rings is 5. The van der Waals surface area contributed by atoms with Gasteiger partial charge in [-0.2, -0.15) is 0 Å². The van der Waals surface area contributed by atoms with Crippen molar-refractivity contribution in [3.05, 3.63) is 149 Å². The Morgan fingerprint density at radius 2 is 1.45 bits per heavy atom. The van der Waals surface area contributed by atoms with Crippen molar-refractivity contribution in [3.8, 4) is 11.1 Å². The number of aliphatic hydroxyl groups excluding tert-OH is 1. The predicted molar refractivity (Wildman–Crippen MR) is 219 cm³/mol. The third-order valence-electron chi connectivity index (χ3n) is 9.63. The highest BCUT2D eigenvalue weighted by Gasteiger charge is 2.32. The van der Waals surface area contributed by atoms with E-state index >= 15 is 0 Å². The maximum absolute atomic E-state index is 12.6. The number of para-hydroxylation sites is 2. The number of anilines is 2. The smallest absolute Gasteiger partial charge is 0.336 e. The van der Waals surface area contributed by atoms with E-state index in [1.807, 2.05) is 91.0 Å². The van der Waals surface area contributed by atoms with Crippen LogP contribution in [0.1, 0.15) is 83.5 Å². The minimum Gasteiger partial charge on any atom is -0.478 e. The van der Waals surface area contributed by atoms with Crippen molar-refractivity contribution in [1.82, 2.24) is 5.32 Å². The third kappa shape index (κ3) is 11.3. The Hall–Kier alpha value is -5.46. The number of carboxylic acid groups (broad SMARTS) is 1. The summed E-state index contributed by atoms with van der Waals surface area (Å²) in [7, 11) is 0. The average molecular weight is 774 g/mol.